The molecule has 0 aliphatic rings. The highest BCUT2D eigenvalue weighted by Gasteiger charge is 1.98. The number of methoxy groups -OCH3 is 1. The molecule has 1 heterocycles. The summed E-state index contributed by atoms with van der Waals surface area (Å²) in [4.78, 5) is 8.14. The fourth-order valence-electron chi connectivity index (χ4n) is 1.11. The first-order valence-corrected chi connectivity index (χ1v) is 5.22. The van der Waals surface area contributed by atoms with Crippen molar-refractivity contribution in [2.75, 3.05) is 32.1 Å². The second kappa shape index (κ2) is 6.97. The molecule has 0 aliphatic carbocycles. The average molecular weight is 226 g/mol. The second-order valence-electron chi connectivity index (χ2n) is 3.40. The van der Waals surface area contributed by atoms with Crippen LogP contribution in [0.25, 0.3) is 0 Å². The van der Waals surface area contributed by atoms with E-state index in [1.54, 1.807) is 26.3 Å². The van der Waals surface area contributed by atoms with Crippen molar-refractivity contribution in [2.45, 2.75) is 13.0 Å². The van der Waals surface area contributed by atoms with E-state index in [9.17, 15) is 0 Å². The van der Waals surface area contributed by atoms with Gasteiger partial charge < -0.3 is 20.5 Å². The van der Waals surface area contributed by atoms with Crippen LogP contribution in [0, 0.1) is 0 Å². The van der Waals surface area contributed by atoms with Crippen molar-refractivity contribution in [2.24, 2.45) is 0 Å². The van der Waals surface area contributed by atoms with Crippen molar-refractivity contribution in [3.8, 4) is 5.88 Å². The number of aliphatic hydroxyl groups is 1. The third-order valence-corrected chi connectivity index (χ3v) is 1.86. The van der Waals surface area contributed by atoms with Gasteiger partial charge in [-0.1, -0.05) is 0 Å². The van der Waals surface area contributed by atoms with E-state index in [1.807, 2.05) is 0 Å². The van der Waals surface area contributed by atoms with Gasteiger partial charge in [0.2, 0.25) is 11.8 Å². The first-order chi connectivity index (χ1) is 7.72. The molecule has 0 fully saturated rings. The molecule has 6 heteroatoms. The zero-order valence-electron chi connectivity index (χ0n) is 9.60. The van der Waals surface area contributed by atoms with Crippen LogP contribution in [0.3, 0.4) is 0 Å². The van der Waals surface area contributed by atoms with Gasteiger partial charge in [0.25, 0.3) is 0 Å². The zero-order valence-corrected chi connectivity index (χ0v) is 9.60. The topological polar surface area (TPSA) is 79.3 Å². The van der Waals surface area contributed by atoms with Gasteiger partial charge in [-0.2, -0.15) is 4.98 Å². The van der Waals surface area contributed by atoms with Gasteiger partial charge in [0.1, 0.15) is 0 Å². The number of anilines is 1. The molecule has 6 nitrogen and oxygen atoms in total. The molecule has 0 amide bonds. The van der Waals surface area contributed by atoms with Gasteiger partial charge in [0.15, 0.2) is 0 Å². The van der Waals surface area contributed by atoms with Crippen molar-refractivity contribution in [1.82, 2.24) is 15.3 Å². The predicted molar refractivity (Wildman–Crippen MR) is 61.6 cm³/mol. The molecule has 0 radical (unpaired) electrons. The van der Waals surface area contributed by atoms with E-state index in [-0.39, 0.29) is 6.10 Å². The van der Waals surface area contributed by atoms with Gasteiger partial charge in [-0.3, -0.25) is 0 Å². The van der Waals surface area contributed by atoms with Crippen LogP contribution in [0.1, 0.15) is 6.92 Å². The Labute approximate surface area is 95.1 Å². The van der Waals surface area contributed by atoms with Gasteiger partial charge in [-0.05, 0) is 6.92 Å². The number of nitrogens with zero attached hydrogens (tertiary/aromatic N) is 2. The number of aromatic nitrogens is 2. The van der Waals surface area contributed by atoms with Crippen molar-refractivity contribution in [3.63, 3.8) is 0 Å². The molecule has 1 atom stereocenters. The summed E-state index contributed by atoms with van der Waals surface area (Å²) in [6.45, 7) is 3.76. The molecule has 90 valence electrons. The maximum absolute atomic E-state index is 9.01. The van der Waals surface area contributed by atoms with Crippen molar-refractivity contribution >= 4 is 5.95 Å². The van der Waals surface area contributed by atoms with Gasteiger partial charge >= 0.3 is 0 Å². The Hall–Kier alpha value is -1.40. The fourth-order valence-corrected chi connectivity index (χ4v) is 1.11. The molecule has 0 spiro atoms. The molecule has 16 heavy (non-hydrogen) atoms. The summed E-state index contributed by atoms with van der Waals surface area (Å²) in [5.41, 5.74) is 0. The SMILES string of the molecule is COc1ccnc(NCCNCC(C)O)n1. The van der Waals surface area contributed by atoms with E-state index in [4.69, 9.17) is 9.84 Å². The summed E-state index contributed by atoms with van der Waals surface area (Å²) in [6, 6.07) is 1.69. The molecular formula is C10H18N4O2. The first-order valence-electron chi connectivity index (χ1n) is 5.22. The van der Waals surface area contributed by atoms with E-state index in [0.29, 0.717) is 24.9 Å². The van der Waals surface area contributed by atoms with Crippen LogP contribution >= 0.6 is 0 Å². The molecule has 1 rings (SSSR count). The standard InChI is InChI=1S/C10H18N4O2/c1-8(15)7-11-5-6-13-10-12-4-3-9(14-10)16-2/h3-4,8,11,15H,5-7H2,1-2H3,(H,12,13,14). The van der Waals surface area contributed by atoms with Crippen LogP contribution in [-0.4, -0.2) is 47.9 Å². The highest BCUT2D eigenvalue weighted by molar-refractivity contribution is 5.27. The van der Waals surface area contributed by atoms with Crippen LogP contribution in [0.2, 0.25) is 0 Å². The summed E-state index contributed by atoms with van der Waals surface area (Å²) in [7, 11) is 1.57. The Balaban J connectivity index is 2.21. The van der Waals surface area contributed by atoms with E-state index in [0.717, 1.165) is 6.54 Å². The fraction of sp³-hybridized carbons (Fsp3) is 0.600. The minimum atomic E-state index is -0.326. The lowest BCUT2D eigenvalue weighted by molar-refractivity contribution is 0.192. The Kier molecular flexibility index (Phi) is 5.52. The van der Waals surface area contributed by atoms with Crippen LogP contribution in [0.15, 0.2) is 12.3 Å². The van der Waals surface area contributed by atoms with Crippen LogP contribution < -0.4 is 15.4 Å². The van der Waals surface area contributed by atoms with E-state index >= 15 is 0 Å². The van der Waals surface area contributed by atoms with E-state index < -0.39 is 0 Å². The average Bonchev–Trinajstić information content (AvgIpc) is 2.28. The monoisotopic (exact) mass is 226 g/mol. The Morgan fingerprint density at radius 3 is 3.00 bits per heavy atom. The maximum Gasteiger partial charge on any atom is 0.225 e. The maximum atomic E-state index is 9.01. The Morgan fingerprint density at radius 2 is 2.31 bits per heavy atom. The smallest absolute Gasteiger partial charge is 0.225 e. The quantitative estimate of drug-likeness (QED) is 0.562. The van der Waals surface area contributed by atoms with Gasteiger partial charge in [-0.15, -0.1) is 0 Å². The molecule has 1 aromatic heterocycles. The minimum Gasteiger partial charge on any atom is -0.481 e. The predicted octanol–water partition coefficient (Wildman–Crippen LogP) is -0.133. The summed E-state index contributed by atoms with van der Waals surface area (Å²) in [5, 5.41) is 15.1. The molecule has 1 unspecified atom stereocenters. The Bertz CT molecular complexity index is 307. The van der Waals surface area contributed by atoms with Crippen LogP contribution in [-0.2, 0) is 0 Å². The molecule has 0 saturated heterocycles. The van der Waals surface area contributed by atoms with Gasteiger partial charge in [-0.25, -0.2) is 4.98 Å². The molecular weight excluding hydrogens is 208 g/mol. The lowest BCUT2D eigenvalue weighted by atomic mass is 10.4. The number of hydrogen-bond donors (Lipinski definition) is 3. The van der Waals surface area contributed by atoms with Crippen molar-refractivity contribution in [1.29, 1.82) is 0 Å². The van der Waals surface area contributed by atoms with Gasteiger partial charge in [0.05, 0.1) is 13.2 Å². The van der Waals surface area contributed by atoms with E-state index in [1.165, 1.54) is 0 Å². The Morgan fingerprint density at radius 1 is 1.50 bits per heavy atom. The largest absolute Gasteiger partial charge is 0.481 e. The lowest BCUT2D eigenvalue weighted by Crippen LogP contribution is -2.29. The summed E-state index contributed by atoms with van der Waals surface area (Å²) in [6.07, 6.45) is 1.31. The summed E-state index contributed by atoms with van der Waals surface area (Å²) < 4.78 is 4.97. The normalized spacial score (nSPS) is 12.2. The van der Waals surface area contributed by atoms with Crippen LogP contribution in [0.4, 0.5) is 5.95 Å². The number of rotatable bonds is 7. The lowest BCUT2D eigenvalue weighted by Gasteiger charge is -2.08. The summed E-state index contributed by atoms with van der Waals surface area (Å²) >= 11 is 0. The number of hydrogen-bond acceptors (Lipinski definition) is 6. The molecule has 0 bridgehead atoms. The number of aliphatic hydroxyl groups excluding tert-OH is 1. The molecule has 0 saturated carbocycles. The molecule has 3 N–H and O–H groups in total. The molecule has 1 aromatic rings. The van der Waals surface area contributed by atoms with E-state index in [2.05, 4.69) is 20.6 Å². The second-order valence-corrected chi connectivity index (χ2v) is 3.40. The minimum absolute atomic E-state index is 0.326. The number of nitrogens with one attached hydrogen (secondary N) is 2. The molecule has 0 aliphatic heterocycles. The van der Waals surface area contributed by atoms with Gasteiger partial charge in [0, 0.05) is 31.9 Å². The third-order valence-electron chi connectivity index (χ3n) is 1.86. The first kappa shape index (κ1) is 12.7. The zero-order chi connectivity index (χ0) is 11.8. The van der Waals surface area contributed by atoms with Crippen molar-refractivity contribution < 1.29 is 9.84 Å². The summed E-state index contributed by atoms with van der Waals surface area (Å²) in [5.74, 6) is 1.08. The number of ether oxygens (including phenoxy) is 1. The highest BCUT2D eigenvalue weighted by atomic mass is 16.5. The third kappa shape index (κ3) is 4.90. The van der Waals surface area contributed by atoms with Crippen LogP contribution in [0.5, 0.6) is 5.88 Å². The van der Waals surface area contributed by atoms with Crippen molar-refractivity contribution in [3.05, 3.63) is 12.3 Å². The highest BCUT2D eigenvalue weighted by Crippen LogP contribution is 2.06. The molecule has 0 aromatic carbocycles.